The molecule has 1 aromatic heterocycles. The SMILES string of the molecule is NC(c1ccoc1)C1C2CCCCC21. The first-order chi connectivity index (χ1) is 6.88. The summed E-state index contributed by atoms with van der Waals surface area (Å²) in [6.45, 7) is 0. The number of furan rings is 1. The first-order valence-corrected chi connectivity index (χ1v) is 5.65. The summed E-state index contributed by atoms with van der Waals surface area (Å²) in [5.74, 6) is 2.59. The number of hydrogen-bond acceptors (Lipinski definition) is 2. The number of fused-ring (bicyclic) bond motifs is 1. The highest BCUT2D eigenvalue weighted by Gasteiger charge is 2.53. The van der Waals surface area contributed by atoms with Crippen LogP contribution in [0.15, 0.2) is 23.0 Å². The van der Waals surface area contributed by atoms with Crippen LogP contribution in [0.1, 0.15) is 37.3 Å². The lowest BCUT2D eigenvalue weighted by atomic mass is 10.0. The molecule has 76 valence electrons. The van der Waals surface area contributed by atoms with Gasteiger partial charge in [-0.05, 0) is 36.7 Å². The Morgan fingerprint density at radius 1 is 1.29 bits per heavy atom. The van der Waals surface area contributed by atoms with Gasteiger partial charge in [-0.25, -0.2) is 0 Å². The summed E-state index contributed by atoms with van der Waals surface area (Å²) in [5.41, 5.74) is 7.43. The number of nitrogens with two attached hydrogens (primary N) is 1. The predicted molar refractivity (Wildman–Crippen MR) is 54.6 cm³/mol. The second-order valence-corrected chi connectivity index (χ2v) is 4.77. The van der Waals surface area contributed by atoms with Crippen LogP contribution in [0, 0.1) is 17.8 Å². The normalized spacial score (nSPS) is 37.6. The molecule has 2 nitrogen and oxygen atoms in total. The average molecular weight is 191 g/mol. The Hall–Kier alpha value is -0.760. The van der Waals surface area contributed by atoms with E-state index in [0.717, 1.165) is 17.8 Å². The summed E-state index contributed by atoms with van der Waals surface area (Å²) in [5, 5.41) is 0. The van der Waals surface area contributed by atoms with E-state index in [1.54, 1.807) is 12.5 Å². The fourth-order valence-electron chi connectivity index (χ4n) is 3.27. The third kappa shape index (κ3) is 1.21. The van der Waals surface area contributed by atoms with Gasteiger partial charge in [0.25, 0.3) is 0 Å². The van der Waals surface area contributed by atoms with Crippen molar-refractivity contribution >= 4 is 0 Å². The third-order valence-corrected chi connectivity index (χ3v) is 4.07. The molecule has 2 saturated carbocycles. The van der Waals surface area contributed by atoms with Crippen LogP contribution in [-0.4, -0.2) is 0 Å². The summed E-state index contributed by atoms with van der Waals surface area (Å²) < 4.78 is 5.09. The van der Waals surface area contributed by atoms with Crippen LogP contribution in [0.5, 0.6) is 0 Å². The minimum Gasteiger partial charge on any atom is -0.472 e. The topological polar surface area (TPSA) is 39.2 Å². The van der Waals surface area contributed by atoms with Gasteiger partial charge < -0.3 is 10.2 Å². The van der Waals surface area contributed by atoms with E-state index in [0.29, 0.717) is 0 Å². The van der Waals surface area contributed by atoms with Crippen molar-refractivity contribution < 1.29 is 4.42 Å². The Kier molecular flexibility index (Phi) is 1.91. The number of hydrogen-bond donors (Lipinski definition) is 1. The van der Waals surface area contributed by atoms with Crippen molar-refractivity contribution in [3.63, 3.8) is 0 Å². The summed E-state index contributed by atoms with van der Waals surface area (Å²) in [7, 11) is 0. The Morgan fingerprint density at radius 2 is 2.00 bits per heavy atom. The van der Waals surface area contributed by atoms with Crippen LogP contribution in [-0.2, 0) is 0 Å². The molecule has 0 bridgehead atoms. The monoisotopic (exact) mass is 191 g/mol. The van der Waals surface area contributed by atoms with E-state index in [-0.39, 0.29) is 6.04 Å². The lowest BCUT2D eigenvalue weighted by molar-refractivity contribution is 0.480. The molecule has 1 heterocycles. The Morgan fingerprint density at radius 3 is 2.57 bits per heavy atom. The highest BCUT2D eigenvalue weighted by atomic mass is 16.3. The van der Waals surface area contributed by atoms with E-state index < -0.39 is 0 Å². The van der Waals surface area contributed by atoms with Crippen LogP contribution >= 0.6 is 0 Å². The van der Waals surface area contributed by atoms with E-state index in [4.69, 9.17) is 10.2 Å². The van der Waals surface area contributed by atoms with Crippen LogP contribution in [0.25, 0.3) is 0 Å². The summed E-state index contributed by atoms with van der Waals surface area (Å²) in [6, 6.07) is 2.23. The molecule has 2 fully saturated rings. The molecule has 3 unspecified atom stereocenters. The molecule has 0 saturated heterocycles. The summed E-state index contributed by atoms with van der Waals surface area (Å²) in [4.78, 5) is 0. The standard InChI is InChI=1S/C12H17NO/c13-12(8-5-6-14-7-8)11-9-3-1-2-4-10(9)11/h5-7,9-12H,1-4,13H2. The van der Waals surface area contributed by atoms with Crippen molar-refractivity contribution in [2.24, 2.45) is 23.5 Å². The maximum Gasteiger partial charge on any atom is 0.0950 e. The molecule has 2 heteroatoms. The smallest absolute Gasteiger partial charge is 0.0950 e. The van der Waals surface area contributed by atoms with Gasteiger partial charge in [0.15, 0.2) is 0 Å². The zero-order valence-corrected chi connectivity index (χ0v) is 8.36. The maximum absolute atomic E-state index is 6.24. The van der Waals surface area contributed by atoms with Crippen molar-refractivity contribution in [2.75, 3.05) is 0 Å². The zero-order valence-electron chi connectivity index (χ0n) is 8.36. The first-order valence-electron chi connectivity index (χ1n) is 5.65. The van der Waals surface area contributed by atoms with Crippen LogP contribution in [0.4, 0.5) is 0 Å². The van der Waals surface area contributed by atoms with Crippen molar-refractivity contribution in [3.05, 3.63) is 24.2 Å². The Labute approximate surface area is 84.5 Å². The van der Waals surface area contributed by atoms with Crippen LogP contribution in [0.3, 0.4) is 0 Å². The molecule has 0 amide bonds. The molecule has 3 rings (SSSR count). The van der Waals surface area contributed by atoms with Gasteiger partial charge in [-0.15, -0.1) is 0 Å². The predicted octanol–water partition coefficient (Wildman–Crippen LogP) is 2.72. The first kappa shape index (κ1) is 8.54. The van der Waals surface area contributed by atoms with E-state index in [2.05, 4.69) is 0 Å². The van der Waals surface area contributed by atoms with Crippen molar-refractivity contribution in [3.8, 4) is 0 Å². The summed E-state index contributed by atoms with van der Waals surface area (Å²) >= 11 is 0. The van der Waals surface area contributed by atoms with Crippen molar-refractivity contribution in [2.45, 2.75) is 31.7 Å². The Balaban J connectivity index is 1.72. The molecular weight excluding hydrogens is 174 g/mol. The fraction of sp³-hybridized carbons (Fsp3) is 0.667. The molecule has 0 radical (unpaired) electrons. The third-order valence-electron chi connectivity index (χ3n) is 4.07. The van der Waals surface area contributed by atoms with E-state index >= 15 is 0 Å². The minimum atomic E-state index is 0.224. The van der Waals surface area contributed by atoms with Crippen LogP contribution in [0.2, 0.25) is 0 Å². The molecule has 1 aromatic rings. The van der Waals surface area contributed by atoms with Crippen molar-refractivity contribution in [1.82, 2.24) is 0 Å². The van der Waals surface area contributed by atoms with Gasteiger partial charge in [0.2, 0.25) is 0 Å². The largest absolute Gasteiger partial charge is 0.472 e. The van der Waals surface area contributed by atoms with Gasteiger partial charge in [0.05, 0.1) is 12.5 Å². The molecular formula is C12H17NO. The fourth-order valence-corrected chi connectivity index (χ4v) is 3.27. The minimum absolute atomic E-state index is 0.224. The molecule has 3 atom stereocenters. The lowest BCUT2D eigenvalue weighted by Gasteiger charge is -2.07. The molecule has 0 spiro atoms. The van der Waals surface area contributed by atoms with E-state index in [9.17, 15) is 0 Å². The van der Waals surface area contributed by atoms with E-state index in [1.165, 1.54) is 31.2 Å². The maximum atomic E-state index is 6.24. The average Bonchev–Trinajstić information content (AvgIpc) is 2.70. The quantitative estimate of drug-likeness (QED) is 0.780. The highest BCUT2D eigenvalue weighted by molar-refractivity contribution is 5.18. The number of rotatable bonds is 2. The van der Waals surface area contributed by atoms with E-state index in [1.807, 2.05) is 6.07 Å². The van der Waals surface area contributed by atoms with Gasteiger partial charge in [-0.1, -0.05) is 12.8 Å². The van der Waals surface area contributed by atoms with Gasteiger partial charge in [-0.3, -0.25) is 0 Å². The molecule has 2 aliphatic carbocycles. The molecule has 14 heavy (non-hydrogen) atoms. The molecule has 0 aromatic carbocycles. The van der Waals surface area contributed by atoms with Gasteiger partial charge in [0.1, 0.15) is 0 Å². The molecule has 2 N–H and O–H groups in total. The van der Waals surface area contributed by atoms with Gasteiger partial charge in [-0.2, -0.15) is 0 Å². The summed E-state index contributed by atoms with van der Waals surface area (Å²) in [6.07, 6.45) is 9.16. The van der Waals surface area contributed by atoms with Gasteiger partial charge >= 0.3 is 0 Å². The van der Waals surface area contributed by atoms with Crippen molar-refractivity contribution in [1.29, 1.82) is 0 Å². The second-order valence-electron chi connectivity index (χ2n) is 4.77. The second kappa shape index (κ2) is 3.13. The van der Waals surface area contributed by atoms with Gasteiger partial charge in [0, 0.05) is 11.6 Å². The molecule has 2 aliphatic rings. The zero-order chi connectivity index (χ0) is 9.54. The molecule has 0 aliphatic heterocycles. The lowest BCUT2D eigenvalue weighted by Crippen LogP contribution is -2.13. The Bertz CT molecular complexity index is 294. The highest BCUT2D eigenvalue weighted by Crippen LogP contribution is 2.59. The van der Waals surface area contributed by atoms with Crippen LogP contribution < -0.4 is 5.73 Å².